The van der Waals surface area contributed by atoms with E-state index in [1.165, 1.54) is 31.4 Å². The lowest BCUT2D eigenvalue weighted by atomic mass is 10.0. The maximum atomic E-state index is 5.43. The molecule has 0 aromatic heterocycles. The lowest BCUT2D eigenvalue weighted by molar-refractivity contribution is 0.253. The summed E-state index contributed by atoms with van der Waals surface area (Å²) in [4.78, 5) is 2.37. The number of benzene rings is 1. The van der Waals surface area contributed by atoms with Crippen LogP contribution < -0.4 is 10.1 Å². The summed E-state index contributed by atoms with van der Waals surface area (Å²) in [6.07, 6.45) is 3.96. The molecule has 0 aliphatic carbocycles. The maximum absolute atomic E-state index is 5.43. The summed E-state index contributed by atoms with van der Waals surface area (Å²) in [6, 6.07) is 6.82. The van der Waals surface area contributed by atoms with E-state index >= 15 is 0 Å². The first-order valence-electron chi connectivity index (χ1n) is 6.93. The van der Waals surface area contributed by atoms with Crippen molar-refractivity contribution in [1.29, 1.82) is 0 Å². The fourth-order valence-electron chi connectivity index (χ4n) is 2.68. The number of piperidine rings is 1. The molecule has 4 heteroatoms. The summed E-state index contributed by atoms with van der Waals surface area (Å²) in [5.74, 6) is 0.964. The van der Waals surface area contributed by atoms with Crippen LogP contribution in [-0.2, 0) is 6.54 Å². The van der Waals surface area contributed by atoms with Crippen molar-refractivity contribution in [2.24, 2.45) is 0 Å². The van der Waals surface area contributed by atoms with Gasteiger partial charge in [0, 0.05) is 29.2 Å². The van der Waals surface area contributed by atoms with Gasteiger partial charge in [-0.05, 0) is 44.6 Å². The number of hydrogen-bond donors (Lipinski definition) is 1. The van der Waals surface area contributed by atoms with Gasteiger partial charge in [0.2, 0.25) is 0 Å². The monoisotopic (exact) mass is 326 g/mol. The summed E-state index contributed by atoms with van der Waals surface area (Å²) < 4.78 is 6.53. The smallest absolute Gasteiger partial charge is 0.123 e. The highest BCUT2D eigenvalue weighted by Crippen LogP contribution is 2.24. The quantitative estimate of drug-likeness (QED) is 0.900. The van der Waals surface area contributed by atoms with Crippen molar-refractivity contribution in [2.75, 3.05) is 27.2 Å². The summed E-state index contributed by atoms with van der Waals surface area (Å²) >= 11 is 3.53. The van der Waals surface area contributed by atoms with Crippen LogP contribution in [0.3, 0.4) is 0 Å². The molecule has 1 saturated heterocycles. The second-order valence-corrected chi connectivity index (χ2v) is 6.22. The number of halogens is 1. The maximum Gasteiger partial charge on any atom is 0.123 e. The molecule has 1 aromatic carbocycles. The van der Waals surface area contributed by atoms with Crippen molar-refractivity contribution < 1.29 is 4.74 Å². The van der Waals surface area contributed by atoms with Crippen molar-refractivity contribution in [3.63, 3.8) is 0 Å². The topological polar surface area (TPSA) is 24.5 Å². The Hall–Kier alpha value is -0.580. The summed E-state index contributed by atoms with van der Waals surface area (Å²) in [5.41, 5.74) is 1.23. The molecule has 1 aromatic rings. The Balaban J connectivity index is 1.93. The van der Waals surface area contributed by atoms with Crippen LogP contribution in [0.15, 0.2) is 22.7 Å². The highest BCUT2D eigenvalue weighted by atomic mass is 79.9. The highest BCUT2D eigenvalue weighted by molar-refractivity contribution is 9.10. The van der Waals surface area contributed by atoms with Gasteiger partial charge in [-0.15, -0.1) is 0 Å². The average Bonchev–Trinajstić information content (AvgIpc) is 2.40. The summed E-state index contributed by atoms with van der Waals surface area (Å²) in [7, 11) is 3.91. The minimum absolute atomic E-state index is 0.636. The molecule has 3 nitrogen and oxygen atoms in total. The molecular formula is C15H23BrN2O. The van der Waals surface area contributed by atoms with Gasteiger partial charge in [0.25, 0.3) is 0 Å². The number of ether oxygens (including phenoxy) is 1. The summed E-state index contributed by atoms with van der Waals surface area (Å²) in [5, 5.41) is 3.59. The van der Waals surface area contributed by atoms with E-state index in [1.54, 1.807) is 7.11 Å². The van der Waals surface area contributed by atoms with Crippen molar-refractivity contribution in [2.45, 2.75) is 31.8 Å². The molecule has 1 aliphatic heterocycles. The van der Waals surface area contributed by atoms with E-state index in [9.17, 15) is 0 Å². The Bertz CT molecular complexity index is 405. The molecule has 19 heavy (non-hydrogen) atoms. The fourth-order valence-corrected chi connectivity index (χ4v) is 3.09. The van der Waals surface area contributed by atoms with Gasteiger partial charge in [0.15, 0.2) is 0 Å². The van der Waals surface area contributed by atoms with Crippen LogP contribution >= 0.6 is 15.9 Å². The number of rotatable bonds is 5. The molecule has 0 amide bonds. The Kier molecular flexibility index (Phi) is 5.67. The highest BCUT2D eigenvalue weighted by Gasteiger charge is 2.15. The Morgan fingerprint density at radius 2 is 2.26 bits per heavy atom. The SMILES string of the molecule is COc1ccc(Br)cc1CN(C)CC1CCCCN1. The fraction of sp³-hybridized carbons (Fsp3) is 0.600. The Morgan fingerprint density at radius 3 is 2.95 bits per heavy atom. The zero-order valence-corrected chi connectivity index (χ0v) is 13.4. The predicted molar refractivity (Wildman–Crippen MR) is 82.7 cm³/mol. The van der Waals surface area contributed by atoms with Gasteiger partial charge in [0.1, 0.15) is 5.75 Å². The number of nitrogens with one attached hydrogen (secondary N) is 1. The Labute approximate surface area is 124 Å². The lowest BCUT2D eigenvalue weighted by Gasteiger charge is -2.28. The standard InChI is InChI=1S/C15H23BrN2O/c1-18(11-14-5-3-4-8-17-14)10-12-9-13(16)6-7-15(12)19-2/h6-7,9,14,17H,3-5,8,10-11H2,1-2H3. The lowest BCUT2D eigenvalue weighted by Crippen LogP contribution is -2.42. The molecule has 1 N–H and O–H groups in total. The third kappa shape index (κ3) is 4.48. The molecule has 1 fully saturated rings. The van der Waals surface area contributed by atoms with Crippen molar-refractivity contribution in [1.82, 2.24) is 10.2 Å². The van der Waals surface area contributed by atoms with E-state index in [0.29, 0.717) is 6.04 Å². The third-order valence-electron chi connectivity index (χ3n) is 3.63. The van der Waals surface area contributed by atoms with E-state index in [4.69, 9.17) is 4.74 Å². The molecule has 2 rings (SSSR count). The van der Waals surface area contributed by atoms with E-state index in [1.807, 2.05) is 12.1 Å². The number of likely N-dealkylation sites (N-methyl/N-ethyl adjacent to an activating group) is 1. The molecule has 106 valence electrons. The second-order valence-electron chi connectivity index (χ2n) is 5.30. The van der Waals surface area contributed by atoms with Crippen LogP contribution in [0.5, 0.6) is 5.75 Å². The van der Waals surface area contributed by atoms with Crippen molar-refractivity contribution in [3.8, 4) is 5.75 Å². The molecule has 1 heterocycles. The van der Waals surface area contributed by atoms with Gasteiger partial charge in [0.05, 0.1) is 7.11 Å². The molecular weight excluding hydrogens is 304 g/mol. The minimum Gasteiger partial charge on any atom is -0.496 e. The van der Waals surface area contributed by atoms with E-state index in [-0.39, 0.29) is 0 Å². The molecule has 0 bridgehead atoms. The first-order valence-corrected chi connectivity index (χ1v) is 7.72. The van der Waals surface area contributed by atoms with E-state index in [2.05, 4.69) is 39.3 Å². The van der Waals surface area contributed by atoms with Gasteiger partial charge < -0.3 is 15.0 Å². The molecule has 1 aliphatic rings. The van der Waals surface area contributed by atoms with Crippen LogP contribution in [0.1, 0.15) is 24.8 Å². The number of nitrogens with zero attached hydrogens (tertiary/aromatic N) is 1. The van der Waals surface area contributed by atoms with Crippen molar-refractivity contribution >= 4 is 15.9 Å². The third-order valence-corrected chi connectivity index (χ3v) is 4.12. The van der Waals surface area contributed by atoms with Crippen LogP contribution in [0.25, 0.3) is 0 Å². The number of hydrogen-bond acceptors (Lipinski definition) is 3. The van der Waals surface area contributed by atoms with Crippen LogP contribution in [0.2, 0.25) is 0 Å². The molecule has 0 radical (unpaired) electrons. The van der Waals surface area contributed by atoms with Gasteiger partial charge >= 0.3 is 0 Å². The summed E-state index contributed by atoms with van der Waals surface area (Å²) in [6.45, 7) is 3.18. The molecule has 1 atom stereocenters. The zero-order valence-electron chi connectivity index (χ0n) is 11.8. The second kappa shape index (κ2) is 7.27. The molecule has 0 spiro atoms. The zero-order chi connectivity index (χ0) is 13.7. The van der Waals surface area contributed by atoms with Crippen LogP contribution in [0.4, 0.5) is 0 Å². The van der Waals surface area contributed by atoms with Gasteiger partial charge in [-0.3, -0.25) is 0 Å². The van der Waals surface area contributed by atoms with Crippen LogP contribution in [-0.4, -0.2) is 38.2 Å². The van der Waals surface area contributed by atoms with Gasteiger partial charge in [-0.2, -0.15) is 0 Å². The van der Waals surface area contributed by atoms with Gasteiger partial charge in [-0.25, -0.2) is 0 Å². The van der Waals surface area contributed by atoms with Gasteiger partial charge in [-0.1, -0.05) is 22.4 Å². The van der Waals surface area contributed by atoms with E-state index in [0.717, 1.165) is 23.3 Å². The van der Waals surface area contributed by atoms with Crippen LogP contribution in [0, 0.1) is 0 Å². The molecule has 0 saturated carbocycles. The molecule has 1 unspecified atom stereocenters. The van der Waals surface area contributed by atoms with E-state index < -0.39 is 0 Å². The van der Waals surface area contributed by atoms with Crippen molar-refractivity contribution in [3.05, 3.63) is 28.2 Å². The average molecular weight is 327 g/mol. The normalized spacial score (nSPS) is 19.7. The largest absolute Gasteiger partial charge is 0.496 e. The first-order chi connectivity index (χ1) is 9.19. The minimum atomic E-state index is 0.636. The predicted octanol–water partition coefficient (Wildman–Crippen LogP) is 3.03. The Morgan fingerprint density at radius 1 is 1.42 bits per heavy atom. The number of methoxy groups -OCH3 is 1. The first kappa shape index (κ1) is 14.8.